The average molecular weight is 384 g/mol. The van der Waals surface area contributed by atoms with E-state index in [0.717, 1.165) is 67.0 Å². The molecule has 2 aromatic rings. The number of nitrogens with zero attached hydrogens (tertiary/aromatic N) is 4. The van der Waals surface area contributed by atoms with Crippen molar-refractivity contribution in [1.29, 1.82) is 0 Å². The van der Waals surface area contributed by atoms with Gasteiger partial charge >= 0.3 is 0 Å². The Bertz CT molecular complexity index is 801. The van der Waals surface area contributed by atoms with Gasteiger partial charge in [-0.2, -0.15) is 0 Å². The number of aliphatic hydroxyl groups is 1. The topological polar surface area (TPSA) is 71.0 Å². The number of β-amino-alcohol motifs (C(OH)–C–C–N with tert-alkyl or cyclic N) is 1. The van der Waals surface area contributed by atoms with Gasteiger partial charge < -0.3 is 19.5 Å². The number of aliphatic hydroxyl groups excluding tert-OH is 1. The minimum Gasteiger partial charge on any atom is -0.490 e. The summed E-state index contributed by atoms with van der Waals surface area (Å²) in [5, 5.41) is 10.7. The molecule has 0 aliphatic carbocycles. The van der Waals surface area contributed by atoms with Gasteiger partial charge in [0.15, 0.2) is 11.5 Å². The molecule has 1 aromatic carbocycles. The fourth-order valence-electron chi connectivity index (χ4n) is 3.72. The van der Waals surface area contributed by atoms with E-state index in [2.05, 4.69) is 19.8 Å². The van der Waals surface area contributed by atoms with Crippen molar-refractivity contribution in [2.24, 2.45) is 0 Å². The lowest BCUT2D eigenvalue weighted by molar-refractivity contribution is 0.109. The van der Waals surface area contributed by atoms with Crippen LogP contribution in [0.25, 0.3) is 0 Å². The zero-order valence-electron chi connectivity index (χ0n) is 16.6. The molecule has 3 heterocycles. The number of anilines is 1. The molecule has 0 radical (unpaired) electrons. The van der Waals surface area contributed by atoms with E-state index in [1.807, 2.05) is 38.1 Å². The number of hydrogen-bond donors (Lipinski definition) is 1. The Morgan fingerprint density at radius 2 is 1.64 bits per heavy atom. The van der Waals surface area contributed by atoms with Gasteiger partial charge in [-0.15, -0.1) is 0 Å². The van der Waals surface area contributed by atoms with Crippen LogP contribution in [-0.4, -0.2) is 65.9 Å². The average Bonchev–Trinajstić information content (AvgIpc) is 2.92. The Balaban J connectivity index is 1.35. The molecule has 150 valence electrons. The van der Waals surface area contributed by atoms with E-state index in [0.29, 0.717) is 19.8 Å². The maximum Gasteiger partial charge on any atom is 0.225 e. The summed E-state index contributed by atoms with van der Waals surface area (Å²) < 4.78 is 11.4. The van der Waals surface area contributed by atoms with E-state index in [1.54, 1.807) is 0 Å². The predicted octanol–water partition coefficient (Wildman–Crippen LogP) is 2.11. The van der Waals surface area contributed by atoms with Crippen molar-refractivity contribution in [2.75, 3.05) is 50.8 Å². The van der Waals surface area contributed by atoms with Crippen LogP contribution in [0.5, 0.6) is 11.5 Å². The molecule has 0 saturated carbocycles. The van der Waals surface area contributed by atoms with E-state index >= 15 is 0 Å². The lowest BCUT2D eigenvalue weighted by atomic mass is 10.1. The van der Waals surface area contributed by atoms with Crippen LogP contribution in [0.15, 0.2) is 24.3 Å². The summed E-state index contributed by atoms with van der Waals surface area (Å²) in [5.74, 6) is 2.29. The summed E-state index contributed by atoms with van der Waals surface area (Å²) in [6.45, 7) is 9.38. The lowest BCUT2D eigenvalue weighted by Gasteiger charge is -2.35. The fourth-order valence-corrected chi connectivity index (χ4v) is 3.72. The number of piperazine rings is 1. The Morgan fingerprint density at radius 1 is 0.964 bits per heavy atom. The van der Waals surface area contributed by atoms with E-state index in [9.17, 15) is 5.11 Å². The summed E-state index contributed by atoms with van der Waals surface area (Å²) in [6.07, 6.45) is 0.322. The standard InChI is InChI=1S/C21H28N4O3/c1-15-12-16(2)23-21(22-15)25-8-6-24(7-9-25)14-18(26)17-4-5-19-20(13-17)28-11-3-10-27-19/h4-5,12-13,18,26H,3,6-11,14H2,1-2H3/t18-/m1/s1. The van der Waals surface area contributed by atoms with Gasteiger partial charge in [-0.05, 0) is 37.6 Å². The summed E-state index contributed by atoms with van der Waals surface area (Å²) in [4.78, 5) is 13.6. The normalized spacial score (nSPS) is 18.6. The van der Waals surface area contributed by atoms with Gasteiger partial charge in [-0.1, -0.05) is 6.07 Å². The van der Waals surface area contributed by atoms with Gasteiger partial charge in [0.2, 0.25) is 5.95 Å². The molecular weight excluding hydrogens is 356 g/mol. The van der Waals surface area contributed by atoms with Crippen molar-refractivity contribution in [3.8, 4) is 11.5 Å². The molecule has 0 amide bonds. The quantitative estimate of drug-likeness (QED) is 0.866. The molecule has 28 heavy (non-hydrogen) atoms. The van der Waals surface area contributed by atoms with Crippen LogP contribution in [-0.2, 0) is 0 Å². The summed E-state index contributed by atoms with van der Waals surface area (Å²) in [5.41, 5.74) is 2.86. The highest BCUT2D eigenvalue weighted by Crippen LogP contribution is 2.32. The first-order chi connectivity index (χ1) is 13.6. The number of aromatic nitrogens is 2. The largest absolute Gasteiger partial charge is 0.490 e. The number of hydrogen-bond acceptors (Lipinski definition) is 7. The molecule has 1 atom stereocenters. The van der Waals surface area contributed by atoms with Gasteiger partial charge in [0.05, 0.1) is 19.3 Å². The van der Waals surface area contributed by atoms with Crippen LogP contribution >= 0.6 is 0 Å². The minimum absolute atomic E-state index is 0.554. The number of ether oxygens (including phenoxy) is 2. The van der Waals surface area contributed by atoms with Crippen LogP contribution in [0.4, 0.5) is 5.95 Å². The monoisotopic (exact) mass is 384 g/mol. The van der Waals surface area contributed by atoms with Gasteiger partial charge in [0.1, 0.15) is 0 Å². The highest BCUT2D eigenvalue weighted by Gasteiger charge is 2.22. The zero-order chi connectivity index (χ0) is 19.5. The molecule has 0 bridgehead atoms. The SMILES string of the molecule is Cc1cc(C)nc(N2CCN(C[C@@H](O)c3ccc4c(c3)OCCCO4)CC2)n1. The first kappa shape index (κ1) is 19.0. The number of benzene rings is 1. The molecule has 1 fully saturated rings. The third kappa shape index (κ3) is 4.36. The zero-order valence-corrected chi connectivity index (χ0v) is 16.6. The Morgan fingerprint density at radius 3 is 2.36 bits per heavy atom. The van der Waals surface area contributed by atoms with Crippen molar-refractivity contribution in [2.45, 2.75) is 26.4 Å². The second kappa shape index (κ2) is 8.32. The molecule has 0 spiro atoms. The predicted molar refractivity (Wildman–Crippen MR) is 107 cm³/mol. The van der Waals surface area contributed by atoms with Crippen LogP contribution in [0.3, 0.4) is 0 Å². The number of aryl methyl sites for hydroxylation is 2. The Labute approximate surface area is 165 Å². The van der Waals surface area contributed by atoms with Crippen LogP contribution in [0, 0.1) is 13.8 Å². The first-order valence-corrected chi connectivity index (χ1v) is 9.96. The second-order valence-electron chi connectivity index (χ2n) is 7.51. The van der Waals surface area contributed by atoms with Gasteiger partial charge in [0, 0.05) is 50.5 Å². The van der Waals surface area contributed by atoms with Gasteiger partial charge in [0.25, 0.3) is 0 Å². The third-order valence-corrected chi connectivity index (χ3v) is 5.21. The molecule has 1 N–H and O–H groups in total. The van der Waals surface area contributed by atoms with Crippen molar-refractivity contribution in [3.05, 3.63) is 41.2 Å². The Hall–Kier alpha value is -2.38. The second-order valence-corrected chi connectivity index (χ2v) is 7.51. The molecular formula is C21H28N4O3. The van der Waals surface area contributed by atoms with E-state index in [1.165, 1.54) is 0 Å². The fraction of sp³-hybridized carbons (Fsp3) is 0.524. The highest BCUT2D eigenvalue weighted by molar-refractivity contribution is 5.44. The minimum atomic E-state index is -0.554. The third-order valence-electron chi connectivity index (χ3n) is 5.21. The first-order valence-electron chi connectivity index (χ1n) is 9.96. The molecule has 4 rings (SSSR count). The van der Waals surface area contributed by atoms with Crippen LogP contribution in [0.1, 0.15) is 29.5 Å². The summed E-state index contributed by atoms with van der Waals surface area (Å²) in [7, 11) is 0. The van der Waals surface area contributed by atoms with E-state index < -0.39 is 6.10 Å². The Kier molecular flexibility index (Phi) is 5.64. The maximum absolute atomic E-state index is 10.7. The number of rotatable bonds is 4. The smallest absolute Gasteiger partial charge is 0.225 e. The van der Waals surface area contributed by atoms with Crippen LogP contribution in [0.2, 0.25) is 0 Å². The van der Waals surface area contributed by atoms with Crippen molar-refractivity contribution < 1.29 is 14.6 Å². The molecule has 1 saturated heterocycles. The van der Waals surface area contributed by atoms with Crippen molar-refractivity contribution in [3.63, 3.8) is 0 Å². The summed E-state index contributed by atoms with van der Waals surface area (Å²) >= 11 is 0. The molecule has 7 heteroatoms. The molecule has 2 aliphatic rings. The molecule has 0 unspecified atom stereocenters. The van der Waals surface area contributed by atoms with Gasteiger partial charge in [-0.25, -0.2) is 9.97 Å². The maximum atomic E-state index is 10.7. The molecule has 7 nitrogen and oxygen atoms in total. The van der Waals surface area contributed by atoms with Crippen molar-refractivity contribution in [1.82, 2.24) is 14.9 Å². The van der Waals surface area contributed by atoms with Gasteiger partial charge in [-0.3, -0.25) is 4.90 Å². The molecule has 1 aromatic heterocycles. The van der Waals surface area contributed by atoms with Crippen LogP contribution < -0.4 is 14.4 Å². The highest BCUT2D eigenvalue weighted by atomic mass is 16.5. The molecule has 2 aliphatic heterocycles. The van der Waals surface area contributed by atoms with E-state index in [4.69, 9.17) is 9.47 Å². The summed E-state index contributed by atoms with van der Waals surface area (Å²) in [6, 6.07) is 7.72. The van der Waals surface area contributed by atoms with E-state index in [-0.39, 0.29) is 0 Å². The van der Waals surface area contributed by atoms with Crippen molar-refractivity contribution >= 4 is 5.95 Å². The lowest BCUT2D eigenvalue weighted by Crippen LogP contribution is -2.48. The number of fused-ring (bicyclic) bond motifs is 1.